The van der Waals surface area contributed by atoms with E-state index in [1.807, 2.05) is 17.8 Å². The van der Waals surface area contributed by atoms with Crippen LogP contribution in [0.3, 0.4) is 0 Å². The first-order valence-corrected chi connectivity index (χ1v) is 5.77. The number of imidazole rings is 1. The van der Waals surface area contributed by atoms with Crippen molar-refractivity contribution < 1.29 is 8.78 Å². The van der Waals surface area contributed by atoms with Crippen LogP contribution in [-0.4, -0.2) is 16.1 Å². The van der Waals surface area contributed by atoms with Crippen molar-refractivity contribution in [3.8, 4) is 0 Å². The highest BCUT2D eigenvalue weighted by Crippen LogP contribution is 2.07. The van der Waals surface area contributed by atoms with Gasteiger partial charge in [0.05, 0.1) is 0 Å². The van der Waals surface area contributed by atoms with Crippen LogP contribution in [0.1, 0.15) is 11.4 Å². The third-order valence-corrected chi connectivity index (χ3v) is 2.70. The van der Waals surface area contributed by atoms with E-state index in [9.17, 15) is 8.78 Å². The average molecular weight is 251 g/mol. The SMILES string of the molecule is Cn1ccnc1CCNCc1cc(F)cc(F)c1. The molecule has 0 bridgehead atoms. The number of hydrogen-bond donors (Lipinski definition) is 1. The van der Waals surface area contributed by atoms with Crippen molar-refractivity contribution in [2.45, 2.75) is 13.0 Å². The summed E-state index contributed by atoms with van der Waals surface area (Å²) in [6, 6.07) is 3.53. The number of nitrogens with zero attached hydrogens (tertiary/aromatic N) is 2. The molecule has 2 rings (SSSR count). The van der Waals surface area contributed by atoms with Crippen molar-refractivity contribution in [2.24, 2.45) is 7.05 Å². The number of nitrogens with one attached hydrogen (secondary N) is 1. The highest BCUT2D eigenvalue weighted by molar-refractivity contribution is 5.17. The van der Waals surface area contributed by atoms with Gasteiger partial charge >= 0.3 is 0 Å². The topological polar surface area (TPSA) is 29.9 Å². The molecule has 0 atom stereocenters. The first-order valence-electron chi connectivity index (χ1n) is 5.77. The standard InChI is InChI=1S/C13H15F2N3/c1-18-5-4-17-13(18)2-3-16-9-10-6-11(14)8-12(15)7-10/h4-8,16H,2-3,9H2,1H3. The molecule has 2 aromatic rings. The van der Waals surface area contributed by atoms with E-state index in [1.54, 1.807) is 6.20 Å². The second-order valence-corrected chi connectivity index (χ2v) is 4.16. The van der Waals surface area contributed by atoms with Crippen molar-refractivity contribution in [3.63, 3.8) is 0 Å². The zero-order valence-electron chi connectivity index (χ0n) is 10.2. The largest absolute Gasteiger partial charge is 0.338 e. The smallest absolute Gasteiger partial charge is 0.126 e. The molecule has 0 aliphatic carbocycles. The summed E-state index contributed by atoms with van der Waals surface area (Å²) in [5, 5.41) is 3.13. The van der Waals surface area contributed by atoms with E-state index in [0.717, 1.165) is 18.3 Å². The summed E-state index contributed by atoms with van der Waals surface area (Å²) < 4.78 is 27.8. The van der Waals surface area contributed by atoms with Gasteiger partial charge < -0.3 is 9.88 Å². The minimum atomic E-state index is -0.545. The quantitative estimate of drug-likeness (QED) is 0.824. The van der Waals surface area contributed by atoms with Gasteiger partial charge in [-0.05, 0) is 17.7 Å². The van der Waals surface area contributed by atoms with Crippen LogP contribution in [0.15, 0.2) is 30.6 Å². The van der Waals surface area contributed by atoms with Crippen molar-refractivity contribution in [1.82, 2.24) is 14.9 Å². The summed E-state index contributed by atoms with van der Waals surface area (Å²) in [7, 11) is 1.93. The van der Waals surface area contributed by atoms with Crippen LogP contribution < -0.4 is 5.32 Å². The number of hydrogen-bond acceptors (Lipinski definition) is 2. The number of aromatic nitrogens is 2. The van der Waals surface area contributed by atoms with Gasteiger partial charge in [0.1, 0.15) is 17.5 Å². The van der Waals surface area contributed by atoms with Gasteiger partial charge in [-0.3, -0.25) is 0 Å². The van der Waals surface area contributed by atoms with Gasteiger partial charge in [-0.2, -0.15) is 0 Å². The van der Waals surface area contributed by atoms with Gasteiger partial charge in [-0.25, -0.2) is 13.8 Å². The fourth-order valence-corrected chi connectivity index (χ4v) is 1.78. The molecule has 0 amide bonds. The third-order valence-electron chi connectivity index (χ3n) is 2.70. The predicted octanol–water partition coefficient (Wildman–Crippen LogP) is 2.03. The van der Waals surface area contributed by atoms with E-state index in [0.29, 0.717) is 18.7 Å². The zero-order valence-corrected chi connectivity index (χ0v) is 10.2. The van der Waals surface area contributed by atoms with E-state index in [4.69, 9.17) is 0 Å². The number of rotatable bonds is 5. The highest BCUT2D eigenvalue weighted by Gasteiger charge is 2.01. The van der Waals surface area contributed by atoms with E-state index in [2.05, 4.69) is 10.3 Å². The average Bonchev–Trinajstić information content (AvgIpc) is 2.69. The molecule has 0 saturated heterocycles. The van der Waals surface area contributed by atoms with E-state index in [1.165, 1.54) is 12.1 Å². The Balaban J connectivity index is 1.80. The molecular formula is C13H15F2N3. The lowest BCUT2D eigenvalue weighted by Gasteiger charge is -2.05. The van der Waals surface area contributed by atoms with Crippen LogP contribution in [0.25, 0.3) is 0 Å². The molecular weight excluding hydrogens is 236 g/mol. The molecule has 5 heteroatoms. The second-order valence-electron chi connectivity index (χ2n) is 4.16. The minimum Gasteiger partial charge on any atom is -0.338 e. The van der Waals surface area contributed by atoms with Crippen LogP contribution in [0, 0.1) is 11.6 Å². The molecule has 1 heterocycles. The Labute approximate surface area is 104 Å². The number of halogens is 2. The van der Waals surface area contributed by atoms with E-state index < -0.39 is 11.6 Å². The Morgan fingerprint density at radius 3 is 2.56 bits per heavy atom. The van der Waals surface area contributed by atoms with Crippen LogP contribution in [-0.2, 0) is 20.0 Å². The first-order chi connectivity index (χ1) is 8.65. The van der Waals surface area contributed by atoms with Gasteiger partial charge in [0.25, 0.3) is 0 Å². The van der Waals surface area contributed by atoms with E-state index >= 15 is 0 Å². The van der Waals surface area contributed by atoms with Crippen molar-refractivity contribution in [1.29, 1.82) is 0 Å². The molecule has 3 nitrogen and oxygen atoms in total. The summed E-state index contributed by atoms with van der Waals surface area (Å²) in [6.07, 6.45) is 4.41. The molecule has 96 valence electrons. The molecule has 1 aromatic heterocycles. The van der Waals surface area contributed by atoms with Crippen LogP contribution in [0.4, 0.5) is 8.78 Å². The Hall–Kier alpha value is -1.75. The molecule has 0 fully saturated rings. The molecule has 0 radical (unpaired) electrons. The maximum absolute atomic E-state index is 12.9. The zero-order chi connectivity index (χ0) is 13.0. The van der Waals surface area contributed by atoms with Gasteiger partial charge in [0, 0.05) is 45.0 Å². The third kappa shape index (κ3) is 3.37. The molecule has 1 N–H and O–H groups in total. The monoisotopic (exact) mass is 251 g/mol. The number of benzene rings is 1. The Morgan fingerprint density at radius 2 is 1.94 bits per heavy atom. The molecule has 1 aromatic carbocycles. The van der Waals surface area contributed by atoms with E-state index in [-0.39, 0.29) is 0 Å². The minimum absolute atomic E-state index is 0.444. The van der Waals surface area contributed by atoms with Crippen molar-refractivity contribution in [3.05, 3.63) is 53.6 Å². The summed E-state index contributed by atoms with van der Waals surface area (Å²) >= 11 is 0. The lowest BCUT2D eigenvalue weighted by molar-refractivity contribution is 0.574. The second kappa shape index (κ2) is 5.73. The lowest BCUT2D eigenvalue weighted by Crippen LogP contribution is -2.18. The van der Waals surface area contributed by atoms with Gasteiger partial charge in [0.2, 0.25) is 0 Å². The van der Waals surface area contributed by atoms with Gasteiger partial charge in [-0.15, -0.1) is 0 Å². The molecule has 0 spiro atoms. The summed E-state index contributed by atoms with van der Waals surface area (Å²) in [5.41, 5.74) is 0.604. The summed E-state index contributed by atoms with van der Waals surface area (Å²) in [5.74, 6) is -0.111. The maximum Gasteiger partial charge on any atom is 0.126 e. The molecule has 0 saturated carbocycles. The first kappa shape index (κ1) is 12.7. The molecule has 0 aliphatic rings. The Bertz CT molecular complexity index is 502. The Morgan fingerprint density at radius 1 is 1.22 bits per heavy atom. The van der Waals surface area contributed by atoms with Crippen LogP contribution >= 0.6 is 0 Å². The van der Waals surface area contributed by atoms with Crippen LogP contribution in [0.5, 0.6) is 0 Å². The molecule has 0 aliphatic heterocycles. The van der Waals surface area contributed by atoms with Gasteiger partial charge in [0.15, 0.2) is 0 Å². The predicted molar refractivity (Wildman–Crippen MR) is 65.0 cm³/mol. The molecule has 18 heavy (non-hydrogen) atoms. The lowest BCUT2D eigenvalue weighted by atomic mass is 10.2. The fraction of sp³-hybridized carbons (Fsp3) is 0.308. The normalized spacial score (nSPS) is 10.8. The van der Waals surface area contributed by atoms with Gasteiger partial charge in [-0.1, -0.05) is 0 Å². The van der Waals surface area contributed by atoms with Crippen LogP contribution in [0.2, 0.25) is 0 Å². The highest BCUT2D eigenvalue weighted by atomic mass is 19.1. The number of aryl methyl sites for hydroxylation is 1. The maximum atomic E-state index is 12.9. The molecule has 0 unspecified atom stereocenters. The summed E-state index contributed by atoms with van der Waals surface area (Å²) in [6.45, 7) is 1.15. The summed E-state index contributed by atoms with van der Waals surface area (Å²) in [4.78, 5) is 4.19. The fourth-order valence-electron chi connectivity index (χ4n) is 1.78. The Kier molecular flexibility index (Phi) is 4.04. The van der Waals surface area contributed by atoms with Crippen molar-refractivity contribution in [2.75, 3.05) is 6.54 Å². The van der Waals surface area contributed by atoms with Crippen molar-refractivity contribution >= 4 is 0 Å².